The van der Waals surface area contributed by atoms with Crippen LogP contribution in [-0.4, -0.2) is 69.3 Å². The Morgan fingerprint density at radius 3 is 2.80 bits per heavy atom. The lowest BCUT2D eigenvalue weighted by molar-refractivity contribution is -0.201. The van der Waals surface area contributed by atoms with Crippen LogP contribution in [0.3, 0.4) is 0 Å². The smallest absolute Gasteiger partial charge is 0.246 e. The predicted molar refractivity (Wildman–Crippen MR) is 156 cm³/mol. The molecule has 212 valence electrons. The van der Waals surface area contributed by atoms with Gasteiger partial charge < -0.3 is 19.8 Å². The van der Waals surface area contributed by atoms with E-state index in [0.29, 0.717) is 30.2 Å². The van der Waals surface area contributed by atoms with Crippen molar-refractivity contribution in [3.8, 4) is 11.5 Å². The molecule has 1 spiro atoms. The van der Waals surface area contributed by atoms with Crippen LogP contribution < -0.4 is 4.74 Å². The summed E-state index contributed by atoms with van der Waals surface area (Å²) < 4.78 is 6.74. The Labute approximate surface area is 241 Å². The van der Waals surface area contributed by atoms with E-state index in [1.165, 1.54) is 18.4 Å². The van der Waals surface area contributed by atoms with E-state index in [4.69, 9.17) is 16.3 Å². The standard InChI is InChI=1S/C33H39ClN2O4/c1-20(2)18-36(28(38)11-8-21-4-3-5-24(34)16-21)25-12-13-33(39)27-17-23-9-10-26(37)30-29(23)32(33,31(25)40-30)14-15-35(27)19-22-6-7-22/h3-5,8-11,16,20,22,25,27,31,37,39H,6-7,12-15,17-19H2,1-2H3/t25-,27-,31+,32+,33-/m1/s1. The molecule has 1 saturated heterocycles. The first-order valence-electron chi connectivity index (χ1n) is 14.9. The number of amides is 1. The zero-order valence-corrected chi connectivity index (χ0v) is 24.1. The molecular weight excluding hydrogens is 524 g/mol. The van der Waals surface area contributed by atoms with E-state index in [0.717, 1.165) is 43.0 Å². The molecule has 6 nitrogen and oxygen atoms in total. The van der Waals surface area contributed by atoms with Crippen LogP contribution in [-0.2, 0) is 16.6 Å². The maximum absolute atomic E-state index is 13.9. The number of carbonyl (C=O) groups excluding carboxylic acids is 1. The highest BCUT2D eigenvalue weighted by molar-refractivity contribution is 6.30. The lowest BCUT2D eigenvalue weighted by atomic mass is 9.48. The molecule has 2 aromatic rings. The summed E-state index contributed by atoms with van der Waals surface area (Å²) in [6.07, 6.45) is 8.40. The summed E-state index contributed by atoms with van der Waals surface area (Å²) >= 11 is 6.17. The molecule has 40 heavy (non-hydrogen) atoms. The fourth-order valence-corrected chi connectivity index (χ4v) is 8.63. The van der Waals surface area contributed by atoms with Crippen LogP contribution in [0.5, 0.6) is 11.5 Å². The third-order valence-electron chi connectivity index (χ3n) is 10.2. The van der Waals surface area contributed by atoms with Crippen molar-refractivity contribution < 1.29 is 19.7 Å². The van der Waals surface area contributed by atoms with E-state index in [1.807, 2.05) is 41.3 Å². The monoisotopic (exact) mass is 562 g/mol. The van der Waals surface area contributed by atoms with Crippen molar-refractivity contribution in [2.45, 2.75) is 81.6 Å². The third-order valence-corrected chi connectivity index (χ3v) is 10.5. The molecular formula is C33H39ClN2O4. The predicted octanol–water partition coefficient (Wildman–Crippen LogP) is 5.18. The maximum Gasteiger partial charge on any atom is 0.246 e. The molecule has 2 bridgehead atoms. The molecule has 2 N–H and O–H groups in total. The van der Waals surface area contributed by atoms with Crippen LogP contribution in [0.2, 0.25) is 5.02 Å². The molecule has 2 saturated carbocycles. The van der Waals surface area contributed by atoms with Gasteiger partial charge in [0.15, 0.2) is 11.5 Å². The highest BCUT2D eigenvalue weighted by Gasteiger charge is 2.73. The largest absolute Gasteiger partial charge is 0.504 e. The lowest BCUT2D eigenvalue weighted by Crippen LogP contribution is -2.78. The molecule has 0 radical (unpaired) electrons. The number of aliphatic hydroxyl groups is 1. The van der Waals surface area contributed by atoms with Crippen molar-refractivity contribution in [3.05, 3.63) is 64.2 Å². The maximum atomic E-state index is 13.9. The minimum Gasteiger partial charge on any atom is -0.504 e. The quantitative estimate of drug-likeness (QED) is 0.455. The van der Waals surface area contributed by atoms with Crippen molar-refractivity contribution in [1.82, 2.24) is 9.80 Å². The number of piperidine rings is 1. The van der Waals surface area contributed by atoms with Gasteiger partial charge in [-0.25, -0.2) is 0 Å². The number of ether oxygens (including phenoxy) is 1. The van der Waals surface area contributed by atoms with E-state index >= 15 is 0 Å². The highest BCUT2D eigenvalue weighted by atomic mass is 35.5. The third kappa shape index (κ3) is 3.93. The summed E-state index contributed by atoms with van der Waals surface area (Å²) in [5.41, 5.74) is 1.44. The SMILES string of the molecule is CC(C)CN(C(=O)C=Cc1cccc(Cl)c1)[C@@H]1CC[C@@]2(O)[C@H]3Cc4ccc(O)c5c4[C@@]2(CCN3CC2CC2)[C@H]1O5. The fraction of sp³-hybridized carbons (Fsp3) is 0.545. The summed E-state index contributed by atoms with van der Waals surface area (Å²) in [5, 5.41) is 24.4. The van der Waals surface area contributed by atoms with Crippen LogP contribution in [0, 0.1) is 11.8 Å². The number of hydrogen-bond donors (Lipinski definition) is 2. The van der Waals surface area contributed by atoms with Gasteiger partial charge in [-0.2, -0.15) is 0 Å². The number of aromatic hydroxyl groups is 1. The number of hydrogen-bond acceptors (Lipinski definition) is 5. The molecule has 7 rings (SSSR count). The average Bonchev–Trinajstić information content (AvgIpc) is 3.66. The summed E-state index contributed by atoms with van der Waals surface area (Å²) in [6.45, 7) is 6.78. The van der Waals surface area contributed by atoms with E-state index in [9.17, 15) is 15.0 Å². The summed E-state index contributed by atoms with van der Waals surface area (Å²) in [4.78, 5) is 18.4. The Balaban J connectivity index is 1.28. The first kappa shape index (κ1) is 26.4. The Morgan fingerprint density at radius 2 is 2.05 bits per heavy atom. The van der Waals surface area contributed by atoms with Crippen LogP contribution in [0.15, 0.2) is 42.5 Å². The Hall–Kier alpha value is -2.54. The zero-order valence-electron chi connectivity index (χ0n) is 23.4. The Morgan fingerprint density at radius 1 is 1.23 bits per heavy atom. The second-order valence-corrected chi connectivity index (χ2v) is 13.6. The number of halogens is 1. The second kappa shape index (κ2) is 9.50. The molecule has 1 amide bonds. The zero-order chi connectivity index (χ0) is 27.8. The molecule has 5 aliphatic rings. The number of rotatable bonds is 7. The van der Waals surface area contributed by atoms with Gasteiger partial charge in [0.25, 0.3) is 0 Å². The Kier molecular flexibility index (Phi) is 6.26. The van der Waals surface area contributed by atoms with Crippen molar-refractivity contribution >= 4 is 23.6 Å². The van der Waals surface area contributed by atoms with Gasteiger partial charge in [0.1, 0.15) is 6.10 Å². The molecule has 7 heteroatoms. The highest BCUT2D eigenvalue weighted by Crippen LogP contribution is 2.66. The second-order valence-electron chi connectivity index (χ2n) is 13.2. The average molecular weight is 563 g/mol. The number of phenols is 1. The van der Waals surface area contributed by atoms with E-state index < -0.39 is 17.1 Å². The topological polar surface area (TPSA) is 73.2 Å². The van der Waals surface area contributed by atoms with Crippen molar-refractivity contribution in [2.24, 2.45) is 11.8 Å². The van der Waals surface area contributed by atoms with Gasteiger partial charge in [-0.1, -0.05) is 43.6 Å². The number of benzene rings is 2. The van der Waals surface area contributed by atoms with Crippen molar-refractivity contribution in [2.75, 3.05) is 19.6 Å². The molecule has 3 aliphatic carbocycles. The fourth-order valence-electron chi connectivity index (χ4n) is 8.43. The van der Waals surface area contributed by atoms with Crippen LogP contribution in [0.25, 0.3) is 6.08 Å². The van der Waals surface area contributed by atoms with E-state index in [1.54, 1.807) is 12.1 Å². The molecule has 2 aromatic carbocycles. The lowest BCUT2D eigenvalue weighted by Gasteiger charge is -2.65. The normalized spacial score (nSPS) is 32.3. The number of carbonyl (C=O) groups is 1. The van der Waals surface area contributed by atoms with Gasteiger partial charge >= 0.3 is 0 Å². The van der Waals surface area contributed by atoms with Crippen molar-refractivity contribution in [1.29, 1.82) is 0 Å². The minimum atomic E-state index is -0.962. The van der Waals surface area contributed by atoms with Crippen molar-refractivity contribution in [3.63, 3.8) is 0 Å². The molecule has 5 atom stereocenters. The number of phenolic OH excluding ortho intramolecular Hbond substituents is 1. The van der Waals surface area contributed by atoms with Crippen LogP contribution in [0.4, 0.5) is 0 Å². The summed E-state index contributed by atoms with van der Waals surface area (Å²) in [7, 11) is 0. The molecule has 2 heterocycles. The number of nitrogens with zero attached hydrogens (tertiary/aromatic N) is 2. The van der Waals surface area contributed by atoms with E-state index in [-0.39, 0.29) is 29.7 Å². The summed E-state index contributed by atoms with van der Waals surface area (Å²) in [6, 6.07) is 11.1. The molecule has 3 fully saturated rings. The van der Waals surface area contributed by atoms with Crippen LogP contribution in [0.1, 0.15) is 62.6 Å². The van der Waals surface area contributed by atoms with Gasteiger partial charge in [0.05, 0.1) is 17.1 Å². The first-order chi connectivity index (χ1) is 19.2. The summed E-state index contributed by atoms with van der Waals surface area (Å²) in [5.74, 6) is 1.59. The molecule has 2 aliphatic heterocycles. The first-order valence-corrected chi connectivity index (χ1v) is 15.3. The van der Waals surface area contributed by atoms with Crippen LogP contribution >= 0.6 is 11.6 Å². The Bertz CT molecular complexity index is 1370. The minimum absolute atomic E-state index is 0.0221. The van der Waals surface area contributed by atoms with E-state index in [2.05, 4.69) is 18.7 Å². The van der Waals surface area contributed by atoms with Gasteiger partial charge in [0.2, 0.25) is 5.91 Å². The molecule has 0 aromatic heterocycles. The van der Waals surface area contributed by atoms with Gasteiger partial charge in [0, 0.05) is 35.8 Å². The van der Waals surface area contributed by atoms with Gasteiger partial charge in [-0.3, -0.25) is 9.69 Å². The number of likely N-dealkylation sites (tertiary alicyclic amines) is 1. The molecule has 0 unspecified atom stereocenters. The van der Waals surface area contributed by atoms with Gasteiger partial charge in [-0.15, -0.1) is 0 Å². The van der Waals surface area contributed by atoms with Gasteiger partial charge in [-0.05, 0) is 92.3 Å².